The predicted molar refractivity (Wildman–Crippen MR) is 50.4 cm³/mol. The quantitative estimate of drug-likeness (QED) is 0.312. The highest BCUT2D eigenvalue weighted by molar-refractivity contribution is 5.60. The van der Waals surface area contributed by atoms with Gasteiger partial charge in [0.05, 0.1) is 10.6 Å². The van der Waals surface area contributed by atoms with Crippen molar-refractivity contribution in [3.63, 3.8) is 0 Å². The van der Waals surface area contributed by atoms with E-state index in [1.807, 2.05) is 0 Å². The molecule has 0 bridgehead atoms. The van der Waals surface area contributed by atoms with Crippen LogP contribution in [0.15, 0.2) is 17.1 Å². The fourth-order valence-electron chi connectivity index (χ4n) is 1.09. The molecule has 0 amide bonds. The molecule has 72 valence electrons. The van der Waals surface area contributed by atoms with Crippen molar-refractivity contribution in [2.24, 2.45) is 4.99 Å². The van der Waals surface area contributed by atoms with E-state index in [2.05, 4.69) is 4.99 Å². The minimum Gasteiger partial charge on any atom is -0.258 e. The summed E-state index contributed by atoms with van der Waals surface area (Å²) < 4.78 is 0. The number of hydrogen-bond donors (Lipinski definition) is 0. The van der Waals surface area contributed by atoms with Crippen LogP contribution >= 0.6 is 0 Å². The first-order valence-corrected chi connectivity index (χ1v) is 3.89. The number of benzene rings is 1. The van der Waals surface area contributed by atoms with Crippen LogP contribution in [0.1, 0.15) is 11.1 Å². The van der Waals surface area contributed by atoms with Crippen LogP contribution in [0.4, 0.5) is 11.4 Å². The van der Waals surface area contributed by atoms with E-state index in [9.17, 15) is 14.9 Å². The molecule has 0 fully saturated rings. The monoisotopic (exact) mass is 192 g/mol. The molecule has 0 heterocycles. The number of nitro groups is 1. The van der Waals surface area contributed by atoms with E-state index in [4.69, 9.17) is 0 Å². The summed E-state index contributed by atoms with van der Waals surface area (Å²) in [7, 11) is 0. The molecule has 0 spiro atoms. The van der Waals surface area contributed by atoms with Gasteiger partial charge in [-0.1, -0.05) is 0 Å². The zero-order chi connectivity index (χ0) is 10.7. The fourth-order valence-corrected chi connectivity index (χ4v) is 1.09. The topological polar surface area (TPSA) is 72.6 Å². The Bertz CT molecular complexity index is 434. The molecule has 1 aromatic carbocycles. The molecule has 0 radical (unpaired) electrons. The first kappa shape index (κ1) is 10.1. The Labute approximate surface area is 80.2 Å². The maximum absolute atomic E-state index is 10.5. The van der Waals surface area contributed by atoms with Crippen molar-refractivity contribution in [3.05, 3.63) is 33.4 Å². The number of nitrogens with zero attached hydrogens (tertiary/aromatic N) is 2. The number of carbonyl (C=O) groups excluding carboxylic acids is 1. The van der Waals surface area contributed by atoms with Crippen molar-refractivity contribution in [1.82, 2.24) is 0 Å². The summed E-state index contributed by atoms with van der Waals surface area (Å²) in [6, 6.07) is 2.70. The Morgan fingerprint density at radius 2 is 2.07 bits per heavy atom. The molecule has 0 aromatic heterocycles. The van der Waals surface area contributed by atoms with Crippen LogP contribution in [-0.4, -0.2) is 11.0 Å². The van der Waals surface area contributed by atoms with Crippen LogP contribution in [0.25, 0.3) is 0 Å². The summed E-state index contributed by atoms with van der Waals surface area (Å²) in [4.78, 5) is 23.4. The summed E-state index contributed by atoms with van der Waals surface area (Å²) in [5, 5.41) is 10.5. The maximum Gasteiger partial charge on any atom is 0.271 e. The molecule has 14 heavy (non-hydrogen) atoms. The molecule has 0 aliphatic heterocycles. The number of nitro benzene ring substituents is 1. The van der Waals surface area contributed by atoms with Gasteiger partial charge in [0.2, 0.25) is 6.08 Å². The summed E-state index contributed by atoms with van der Waals surface area (Å²) in [6.07, 6.45) is 1.37. The van der Waals surface area contributed by atoms with Gasteiger partial charge >= 0.3 is 0 Å². The molecule has 5 heteroatoms. The zero-order valence-electron chi connectivity index (χ0n) is 7.77. The van der Waals surface area contributed by atoms with Crippen LogP contribution in [0.5, 0.6) is 0 Å². The molecular formula is C9H8N2O3. The molecule has 0 aliphatic rings. The average molecular weight is 192 g/mol. The summed E-state index contributed by atoms with van der Waals surface area (Å²) in [5.74, 6) is 0. The van der Waals surface area contributed by atoms with Crippen molar-refractivity contribution in [2.75, 3.05) is 0 Å². The number of hydrogen-bond acceptors (Lipinski definition) is 4. The highest BCUT2D eigenvalue weighted by atomic mass is 16.6. The van der Waals surface area contributed by atoms with Crippen molar-refractivity contribution in [1.29, 1.82) is 0 Å². The summed E-state index contributed by atoms with van der Waals surface area (Å²) in [6.45, 7) is 3.47. The molecule has 5 nitrogen and oxygen atoms in total. The van der Waals surface area contributed by atoms with E-state index in [0.29, 0.717) is 5.69 Å². The van der Waals surface area contributed by atoms with Gasteiger partial charge in [-0.05, 0) is 25.0 Å². The Balaban J connectivity index is 3.42. The van der Waals surface area contributed by atoms with E-state index in [0.717, 1.165) is 11.1 Å². The third-order valence-corrected chi connectivity index (χ3v) is 2.00. The van der Waals surface area contributed by atoms with E-state index >= 15 is 0 Å². The van der Waals surface area contributed by atoms with E-state index in [1.165, 1.54) is 18.2 Å². The van der Waals surface area contributed by atoms with Crippen molar-refractivity contribution >= 4 is 17.5 Å². The van der Waals surface area contributed by atoms with Crippen LogP contribution in [0.3, 0.4) is 0 Å². The normalized spacial score (nSPS) is 9.29. The smallest absolute Gasteiger partial charge is 0.258 e. The van der Waals surface area contributed by atoms with Gasteiger partial charge in [-0.2, -0.15) is 4.99 Å². The lowest BCUT2D eigenvalue weighted by Crippen LogP contribution is -1.90. The van der Waals surface area contributed by atoms with Gasteiger partial charge in [-0.3, -0.25) is 10.1 Å². The predicted octanol–water partition coefficient (Wildman–Crippen LogP) is 2.18. The van der Waals surface area contributed by atoms with Gasteiger partial charge in [0, 0.05) is 12.1 Å². The average Bonchev–Trinajstić information content (AvgIpc) is 2.12. The van der Waals surface area contributed by atoms with Crippen LogP contribution in [-0.2, 0) is 4.79 Å². The SMILES string of the molecule is Cc1cc([N+](=O)[O-])cc(N=C=O)c1C. The standard InChI is InChI=1S/C9H8N2O3/c1-6-3-8(11(13)14)4-9(7(6)2)10-5-12/h3-4H,1-2H3. The second-order valence-corrected chi connectivity index (χ2v) is 2.87. The first-order valence-electron chi connectivity index (χ1n) is 3.89. The first-order chi connectivity index (χ1) is 6.56. The third kappa shape index (κ3) is 1.84. The Kier molecular flexibility index (Phi) is 2.74. The third-order valence-electron chi connectivity index (χ3n) is 2.00. The van der Waals surface area contributed by atoms with Gasteiger partial charge in [-0.15, -0.1) is 0 Å². The van der Waals surface area contributed by atoms with Gasteiger partial charge in [0.15, 0.2) is 0 Å². The molecule has 0 N–H and O–H groups in total. The van der Waals surface area contributed by atoms with E-state index in [1.54, 1.807) is 13.8 Å². The van der Waals surface area contributed by atoms with Gasteiger partial charge in [0.25, 0.3) is 5.69 Å². The largest absolute Gasteiger partial charge is 0.271 e. The van der Waals surface area contributed by atoms with Crippen LogP contribution < -0.4 is 0 Å². The number of non-ortho nitro benzene ring substituents is 1. The molecule has 0 aliphatic carbocycles. The lowest BCUT2D eigenvalue weighted by molar-refractivity contribution is -0.384. The fraction of sp³-hybridized carbons (Fsp3) is 0.222. The van der Waals surface area contributed by atoms with Gasteiger partial charge < -0.3 is 0 Å². The van der Waals surface area contributed by atoms with Gasteiger partial charge in [-0.25, -0.2) is 4.79 Å². The number of aliphatic imine (C=N–C) groups is 1. The highest BCUT2D eigenvalue weighted by Gasteiger charge is 2.10. The Morgan fingerprint density at radius 3 is 2.57 bits per heavy atom. The lowest BCUT2D eigenvalue weighted by Gasteiger charge is -2.02. The minimum absolute atomic E-state index is 0.0675. The van der Waals surface area contributed by atoms with Gasteiger partial charge in [0.1, 0.15) is 0 Å². The Morgan fingerprint density at radius 1 is 1.43 bits per heavy atom. The molecule has 1 aromatic rings. The number of isocyanates is 1. The van der Waals surface area contributed by atoms with Crippen molar-refractivity contribution < 1.29 is 9.72 Å². The number of aryl methyl sites for hydroxylation is 1. The summed E-state index contributed by atoms with van der Waals surface area (Å²) in [5.41, 5.74) is 1.71. The van der Waals surface area contributed by atoms with E-state index < -0.39 is 4.92 Å². The highest BCUT2D eigenvalue weighted by Crippen LogP contribution is 2.27. The van der Waals surface area contributed by atoms with E-state index in [-0.39, 0.29) is 5.69 Å². The Hall–Kier alpha value is -2.00. The minimum atomic E-state index is -0.518. The lowest BCUT2D eigenvalue weighted by atomic mass is 10.1. The molecule has 0 saturated heterocycles. The molecule has 0 saturated carbocycles. The molecular weight excluding hydrogens is 184 g/mol. The molecule has 0 atom stereocenters. The molecule has 0 unspecified atom stereocenters. The van der Waals surface area contributed by atoms with Crippen molar-refractivity contribution in [2.45, 2.75) is 13.8 Å². The molecule has 1 rings (SSSR count). The second-order valence-electron chi connectivity index (χ2n) is 2.87. The van der Waals surface area contributed by atoms with Crippen LogP contribution in [0.2, 0.25) is 0 Å². The van der Waals surface area contributed by atoms with Crippen LogP contribution in [0, 0.1) is 24.0 Å². The second kappa shape index (κ2) is 3.81. The number of rotatable bonds is 2. The maximum atomic E-state index is 10.5. The van der Waals surface area contributed by atoms with Crippen molar-refractivity contribution in [3.8, 4) is 0 Å². The zero-order valence-corrected chi connectivity index (χ0v) is 7.77. The summed E-state index contributed by atoms with van der Waals surface area (Å²) >= 11 is 0.